The van der Waals surface area contributed by atoms with Crippen molar-refractivity contribution in [3.05, 3.63) is 21.9 Å². The smallest absolute Gasteiger partial charge is 0.309 e. The van der Waals surface area contributed by atoms with Crippen molar-refractivity contribution in [1.29, 1.82) is 0 Å². The van der Waals surface area contributed by atoms with Gasteiger partial charge in [-0.3, -0.25) is 9.59 Å². The van der Waals surface area contributed by atoms with Crippen LogP contribution < -0.4 is 4.72 Å². The Hall–Kier alpha value is -1.25. The zero-order valence-electron chi connectivity index (χ0n) is 16.1. The van der Waals surface area contributed by atoms with Gasteiger partial charge in [0.2, 0.25) is 15.8 Å². The summed E-state index contributed by atoms with van der Waals surface area (Å²) in [6.07, 6.45) is 7.58. The average molecular weight is 426 g/mol. The molecular formula is C20H27NO5S2. The molecule has 154 valence electrons. The fourth-order valence-corrected chi connectivity index (χ4v) is 7.04. The van der Waals surface area contributed by atoms with Gasteiger partial charge in [-0.2, -0.15) is 0 Å². The quantitative estimate of drug-likeness (QED) is 0.511. The van der Waals surface area contributed by atoms with Gasteiger partial charge >= 0.3 is 5.97 Å². The second-order valence-electron chi connectivity index (χ2n) is 8.67. The van der Waals surface area contributed by atoms with Crippen molar-refractivity contribution in [2.45, 2.75) is 38.5 Å². The number of carbonyl (C=O) groups is 2. The number of Topliss-reactive ketones (excluding diaryl/α,β-unsaturated/α-hetero) is 1. The van der Waals surface area contributed by atoms with Crippen molar-refractivity contribution in [3.8, 4) is 0 Å². The molecule has 6 nitrogen and oxygen atoms in total. The largest absolute Gasteiger partial charge is 0.457 e. The van der Waals surface area contributed by atoms with Crippen LogP contribution in [0.4, 0.5) is 0 Å². The molecule has 4 saturated carbocycles. The minimum Gasteiger partial charge on any atom is -0.457 e. The summed E-state index contributed by atoms with van der Waals surface area (Å²) in [6, 6.07) is 3.54. The lowest BCUT2D eigenvalue weighted by Gasteiger charge is -2.53. The van der Waals surface area contributed by atoms with Gasteiger partial charge in [-0.1, -0.05) is 0 Å². The molecule has 28 heavy (non-hydrogen) atoms. The van der Waals surface area contributed by atoms with Crippen LogP contribution in [0.5, 0.6) is 0 Å². The first-order valence-electron chi connectivity index (χ1n) is 10.0. The van der Waals surface area contributed by atoms with Crippen molar-refractivity contribution in [2.24, 2.45) is 29.6 Å². The number of thiophene rings is 1. The summed E-state index contributed by atoms with van der Waals surface area (Å²) < 4.78 is 30.1. The lowest BCUT2D eigenvalue weighted by Crippen LogP contribution is -2.48. The van der Waals surface area contributed by atoms with Crippen LogP contribution in [0.1, 0.15) is 46.7 Å². The summed E-state index contributed by atoms with van der Waals surface area (Å²) in [6.45, 7) is 0.0948. The van der Waals surface area contributed by atoms with Crippen LogP contribution >= 0.6 is 11.3 Å². The molecule has 1 aromatic heterocycles. The molecule has 4 fully saturated rings. The molecule has 0 aliphatic heterocycles. The monoisotopic (exact) mass is 425 g/mol. The number of hydrogen-bond donors (Lipinski definition) is 1. The molecule has 0 radical (unpaired) electrons. The number of carbonyl (C=O) groups excluding carboxylic acids is 2. The summed E-state index contributed by atoms with van der Waals surface area (Å²) in [4.78, 5) is 26.6. The molecule has 0 aromatic carbocycles. The molecule has 0 atom stereocenters. The first-order valence-corrected chi connectivity index (χ1v) is 12.7. The van der Waals surface area contributed by atoms with Gasteiger partial charge in [0.1, 0.15) is 0 Å². The zero-order valence-corrected chi connectivity index (χ0v) is 17.7. The van der Waals surface area contributed by atoms with Crippen LogP contribution in [0.2, 0.25) is 0 Å². The summed E-state index contributed by atoms with van der Waals surface area (Å²) >= 11 is 1.33. The third kappa shape index (κ3) is 4.49. The summed E-state index contributed by atoms with van der Waals surface area (Å²) in [5.74, 6) is 2.12. The highest BCUT2D eigenvalue weighted by molar-refractivity contribution is 7.88. The van der Waals surface area contributed by atoms with E-state index in [2.05, 4.69) is 4.72 Å². The predicted molar refractivity (Wildman–Crippen MR) is 107 cm³/mol. The Balaban J connectivity index is 1.27. The first-order chi connectivity index (χ1) is 13.3. The molecule has 0 unspecified atom stereocenters. The van der Waals surface area contributed by atoms with Gasteiger partial charge < -0.3 is 4.74 Å². The van der Waals surface area contributed by atoms with E-state index in [1.165, 1.54) is 17.8 Å². The van der Waals surface area contributed by atoms with Gasteiger partial charge in [0.05, 0.1) is 17.1 Å². The second-order valence-corrected chi connectivity index (χ2v) is 11.7. The van der Waals surface area contributed by atoms with E-state index in [9.17, 15) is 18.0 Å². The SMILES string of the molecule is CS(=O)(=O)NCCc1ccc(C(=O)COC(=O)C2C3CC4CC(C3)CC2C4)s1. The van der Waals surface area contributed by atoms with E-state index in [-0.39, 0.29) is 24.3 Å². The van der Waals surface area contributed by atoms with E-state index in [0.29, 0.717) is 29.7 Å². The highest BCUT2D eigenvalue weighted by Gasteiger charge is 2.51. The third-order valence-corrected chi connectivity index (χ3v) is 8.43. The highest BCUT2D eigenvalue weighted by Crippen LogP contribution is 2.56. The lowest BCUT2D eigenvalue weighted by atomic mass is 9.52. The van der Waals surface area contributed by atoms with Crippen LogP contribution in [-0.4, -0.2) is 39.6 Å². The highest BCUT2D eigenvalue weighted by atomic mass is 32.2. The summed E-state index contributed by atoms with van der Waals surface area (Å²) in [5.41, 5.74) is 0. The fraction of sp³-hybridized carbons (Fsp3) is 0.700. The van der Waals surface area contributed by atoms with E-state index >= 15 is 0 Å². The van der Waals surface area contributed by atoms with Crippen molar-refractivity contribution >= 4 is 33.1 Å². The standard InChI is InChI=1S/C20H27NO5S2/c1-28(24,25)21-5-4-16-2-3-18(27-16)17(22)11-26-20(23)19-14-7-12-6-13(9-14)10-15(19)8-12/h2-3,12-15,19,21H,4-11H2,1H3. The minimum absolute atomic E-state index is 0.0124. The van der Waals surface area contributed by atoms with E-state index in [1.807, 2.05) is 6.07 Å². The van der Waals surface area contributed by atoms with Crippen LogP contribution in [0.25, 0.3) is 0 Å². The Morgan fingerprint density at radius 2 is 1.75 bits per heavy atom. The number of sulfonamides is 1. The number of esters is 1. The van der Waals surface area contributed by atoms with Gasteiger partial charge in [0, 0.05) is 11.4 Å². The Morgan fingerprint density at radius 1 is 1.11 bits per heavy atom. The molecule has 0 amide bonds. The van der Waals surface area contributed by atoms with Gasteiger partial charge in [-0.05, 0) is 74.3 Å². The minimum atomic E-state index is -3.21. The van der Waals surface area contributed by atoms with E-state index < -0.39 is 10.0 Å². The molecule has 0 spiro atoms. The molecule has 4 bridgehead atoms. The molecule has 1 N–H and O–H groups in total. The number of rotatable bonds is 8. The predicted octanol–water partition coefficient (Wildman–Crippen LogP) is 2.64. The maximum atomic E-state index is 12.7. The maximum Gasteiger partial charge on any atom is 0.309 e. The Bertz CT molecular complexity index is 832. The zero-order chi connectivity index (χ0) is 19.9. The van der Waals surface area contributed by atoms with Crippen LogP contribution in [-0.2, 0) is 26.0 Å². The molecule has 1 heterocycles. The molecule has 1 aromatic rings. The number of ketones is 1. The Morgan fingerprint density at radius 3 is 2.36 bits per heavy atom. The fourth-order valence-electron chi connectivity index (χ4n) is 5.64. The topological polar surface area (TPSA) is 89.5 Å². The van der Waals surface area contributed by atoms with Crippen LogP contribution in [0.15, 0.2) is 12.1 Å². The molecule has 0 saturated heterocycles. The number of nitrogens with one attached hydrogen (secondary N) is 1. The third-order valence-electron chi connectivity index (χ3n) is 6.52. The summed E-state index contributed by atoms with van der Waals surface area (Å²) in [7, 11) is -3.21. The summed E-state index contributed by atoms with van der Waals surface area (Å²) in [5, 5.41) is 0. The molecule has 8 heteroatoms. The van der Waals surface area contributed by atoms with Crippen molar-refractivity contribution in [2.75, 3.05) is 19.4 Å². The van der Waals surface area contributed by atoms with Gasteiger partial charge in [-0.25, -0.2) is 13.1 Å². The van der Waals surface area contributed by atoms with Gasteiger partial charge in [0.25, 0.3) is 0 Å². The number of hydrogen-bond acceptors (Lipinski definition) is 6. The molecule has 5 rings (SSSR count). The normalized spacial score (nSPS) is 31.1. The van der Waals surface area contributed by atoms with Gasteiger partial charge in [0.15, 0.2) is 6.61 Å². The maximum absolute atomic E-state index is 12.7. The Labute approximate surface area is 170 Å². The molecule has 4 aliphatic rings. The second kappa shape index (κ2) is 7.88. The molecule has 4 aliphatic carbocycles. The Kier molecular flexibility index (Phi) is 5.64. The van der Waals surface area contributed by atoms with Gasteiger partial charge in [-0.15, -0.1) is 11.3 Å². The van der Waals surface area contributed by atoms with Crippen LogP contribution in [0, 0.1) is 29.6 Å². The van der Waals surface area contributed by atoms with Crippen molar-refractivity contribution in [1.82, 2.24) is 4.72 Å². The van der Waals surface area contributed by atoms with Crippen LogP contribution in [0.3, 0.4) is 0 Å². The average Bonchev–Trinajstić information content (AvgIpc) is 3.06. The van der Waals surface area contributed by atoms with Crippen molar-refractivity contribution in [3.63, 3.8) is 0 Å². The van der Waals surface area contributed by atoms with E-state index in [1.54, 1.807) is 6.07 Å². The van der Waals surface area contributed by atoms with Crippen molar-refractivity contribution < 1.29 is 22.7 Å². The van der Waals surface area contributed by atoms with E-state index in [4.69, 9.17) is 4.74 Å². The van der Waals surface area contributed by atoms with E-state index in [0.717, 1.165) is 48.7 Å². The molecular weight excluding hydrogens is 398 g/mol. The number of ether oxygens (including phenoxy) is 1. The first kappa shape index (κ1) is 20.0. The lowest BCUT2D eigenvalue weighted by molar-refractivity contribution is -0.161.